The lowest BCUT2D eigenvalue weighted by molar-refractivity contribution is 0.0645. The molecule has 1 aromatic heterocycles. The highest BCUT2D eigenvalue weighted by atomic mass is 32.1. The van der Waals surface area contributed by atoms with E-state index in [0.717, 1.165) is 29.2 Å². The van der Waals surface area contributed by atoms with Crippen LogP contribution in [0.5, 0.6) is 0 Å². The van der Waals surface area contributed by atoms with Crippen LogP contribution in [0.2, 0.25) is 0 Å². The Balaban J connectivity index is 2.91. The summed E-state index contributed by atoms with van der Waals surface area (Å²) in [5, 5.41) is 1.91. The lowest BCUT2D eigenvalue weighted by Crippen LogP contribution is -2.41. The number of hydrogen-bond donors (Lipinski definition) is 1. The first-order valence-electron chi connectivity index (χ1n) is 6.58. The molecule has 0 aliphatic rings. The number of amides is 1. The third-order valence-corrected chi connectivity index (χ3v) is 4.35. The first kappa shape index (κ1) is 15.6. The van der Waals surface area contributed by atoms with Crippen LogP contribution in [0.1, 0.15) is 50.2 Å². The SMILES string of the molecule is CCC(CC)N(CC(C)C)C(=O)c1cc(S)cs1. The predicted octanol–water partition coefficient (Wildman–Crippen LogP) is 4.32. The Labute approximate surface area is 120 Å². The van der Waals surface area contributed by atoms with Gasteiger partial charge in [-0.1, -0.05) is 27.7 Å². The molecule has 0 fully saturated rings. The number of thiol groups is 1. The Morgan fingerprint density at radius 2 is 2.00 bits per heavy atom. The second kappa shape index (κ2) is 7.19. The summed E-state index contributed by atoms with van der Waals surface area (Å²) in [6, 6.07) is 2.21. The summed E-state index contributed by atoms with van der Waals surface area (Å²) in [6.07, 6.45) is 2.02. The summed E-state index contributed by atoms with van der Waals surface area (Å²) in [7, 11) is 0. The van der Waals surface area contributed by atoms with Gasteiger partial charge in [0.05, 0.1) is 4.88 Å². The molecule has 0 aliphatic carbocycles. The minimum atomic E-state index is 0.155. The van der Waals surface area contributed by atoms with E-state index < -0.39 is 0 Å². The highest BCUT2D eigenvalue weighted by Gasteiger charge is 2.24. The van der Waals surface area contributed by atoms with Crippen molar-refractivity contribution in [3.63, 3.8) is 0 Å². The van der Waals surface area contributed by atoms with Gasteiger partial charge in [-0.15, -0.1) is 24.0 Å². The molecule has 0 unspecified atom stereocenters. The maximum atomic E-state index is 12.6. The first-order chi connectivity index (χ1) is 8.49. The van der Waals surface area contributed by atoms with Crippen LogP contribution < -0.4 is 0 Å². The van der Waals surface area contributed by atoms with Gasteiger partial charge in [-0.2, -0.15) is 0 Å². The molecule has 0 spiro atoms. The average molecular weight is 285 g/mol. The molecule has 102 valence electrons. The normalized spacial score (nSPS) is 11.3. The topological polar surface area (TPSA) is 20.3 Å². The van der Waals surface area contributed by atoms with Crippen molar-refractivity contribution in [3.8, 4) is 0 Å². The van der Waals surface area contributed by atoms with Gasteiger partial charge in [0, 0.05) is 22.9 Å². The zero-order chi connectivity index (χ0) is 13.7. The summed E-state index contributed by atoms with van der Waals surface area (Å²) in [4.78, 5) is 16.3. The maximum Gasteiger partial charge on any atom is 0.264 e. The lowest BCUT2D eigenvalue weighted by atomic mass is 10.1. The van der Waals surface area contributed by atoms with Crippen LogP contribution in [0.3, 0.4) is 0 Å². The quantitative estimate of drug-likeness (QED) is 0.772. The van der Waals surface area contributed by atoms with E-state index in [4.69, 9.17) is 0 Å². The standard InChI is InChI=1S/C14H23NOS2/c1-5-11(6-2)15(8-10(3)4)14(16)13-7-12(17)9-18-13/h7,9-11,17H,5-6,8H2,1-4H3. The van der Waals surface area contributed by atoms with E-state index in [1.54, 1.807) is 0 Å². The minimum absolute atomic E-state index is 0.155. The van der Waals surface area contributed by atoms with Gasteiger partial charge in [-0.25, -0.2) is 0 Å². The Morgan fingerprint density at radius 1 is 1.39 bits per heavy atom. The fourth-order valence-electron chi connectivity index (χ4n) is 2.10. The molecule has 0 N–H and O–H groups in total. The summed E-state index contributed by atoms with van der Waals surface area (Å²) >= 11 is 5.76. The lowest BCUT2D eigenvalue weighted by Gasteiger charge is -2.31. The van der Waals surface area contributed by atoms with Crippen molar-refractivity contribution in [2.75, 3.05) is 6.54 Å². The second-order valence-electron chi connectivity index (χ2n) is 4.99. The van der Waals surface area contributed by atoms with E-state index in [-0.39, 0.29) is 5.91 Å². The summed E-state index contributed by atoms with van der Waals surface area (Å²) in [5.41, 5.74) is 0. The van der Waals surface area contributed by atoms with E-state index >= 15 is 0 Å². The molecule has 1 rings (SSSR count). The highest BCUT2D eigenvalue weighted by Crippen LogP contribution is 2.22. The van der Waals surface area contributed by atoms with Gasteiger partial charge in [-0.05, 0) is 24.8 Å². The molecule has 1 amide bonds. The second-order valence-corrected chi connectivity index (χ2v) is 6.42. The fourth-order valence-corrected chi connectivity index (χ4v) is 3.20. The monoisotopic (exact) mass is 285 g/mol. The van der Waals surface area contributed by atoms with Crippen LogP contribution in [-0.4, -0.2) is 23.4 Å². The predicted molar refractivity (Wildman–Crippen MR) is 81.8 cm³/mol. The zero-order valence-electron chi connectivity index (χ0n) is 11.6. The largest absolute Gasteiger partial charge is 0.335 e. The van der Waals surface area contributed by atoms with Crippen LogP contribution in [-0.2, 0) is 0 Å². The summed E-state index contributed by atoms with van der Waals surface area (Å²) < 4.78 is 0. The van der Waals surface area contributed by atoms with Crippen molar-refractivity contribution in [3.05, 3.63) is 16.3 Å². The molecule has 0 radical (unpaired) electrons. The highest BCUT2D eigenvalue weighted by molar-refractivity contribution is 7.80. The van der Waals surface area contributed by atoms with E-state index in [0.29, 0.717) is 12.0 Å². The maximum absolute atomic E-state index is 12.6. The molecule has 1 heterocycles. The number of rotatable bonds is 6. The van der Waals surface area contributed by atoms with Gasteiger partial charge in [-0.3, -0.25) is 4.79 Å². The van der Waals surface area contributed by atoms with Crippen molar-refractivity contribution < 1.29 is 4.79 Å². The number of nitrogens with zero attached hydrogens (tertiary/aromatic N) is 1. The van der Waals surface area contributed by atoms with E-state index in [1.165, 1.54) is 11.3 Å². The molecule has 0 atom stereocenters. The molecule has 0 saturated carbocycles. The number of thiophene rings is 1. The molecule has 18 heavy (non-hydrogen) atoms. The van der Waals surface area contributed by atoms with Crippen LogP contribution in [0.25, 0.3) is 0 Å². The van der Waals surface area contributed by atoms with Crippen LogP contribution >= 0.6 is 24.0 Å². The summed E-state index contributed by atoms with van der Waals surface area (Å²) in [6.45, 7) is 9.42. The Bertz CT molecular complexity index is 383. The van der Waals surface area contributed by atoms with Crippen molar-refractivity contribution in [1.29, 1.82) is 0 Å². The third kappa shape index (κ3) is 4.02. The molecule has 4 heteroatoms. The van der Waals surface area contributed by atoms with E-state index in [1.807, 2.05) is 16.3 Å². The van der Waals surface area contributed by atoms with Crippen LogP contribution in [0.15, 0.2) is 16.3 Å². The van der Waals surface area contributed by atoms with Gasteiger partial charge in [0.25, 0.3) is 5.91 Å². The van der Waals surface area contributed by atoms with Gasteiger partial charge < -0.3 is 4.90 Å². The van der Waals surface area contributed by atoms with Crippen molar-refractivity contribution in [2.45, 2.75) is 51.5 Å². The van der Waals surface area contributed by atoms with E-state index in [2.05, 4.69) is 40.3 Å². The van der Waals surface area contributed by atoms with Crippen molar-refractivity contribution in [1.82, 2.24) is 4.90 Å². The van der Waals surface area contributed by atoms with Crippen LogP contribution in [0.4, 0.5) is 0 Å². The average Bonchev–Trinajstić information content (AvgIpc) is 2.74. The Kier molecular flexibility index (Phi) is 6.22. The van der Waals surface area contributed by atoms with Gasteiger partial charge in [0.15, 0.2) is 0 Å². The molecule has 1 aromatic rings. The number of carbonyl (C=O) groups excluding carboxylic acids is 1. The first-order valence-corrected chi connectivity index (χ1v) is 7.90. The fraction of sp³-hybridized carbons (Fsp3) is 0.643. The molecular formula is C14H23NOS2. The smallest absolute Gasteiger partial charge is 0.264 e. The van der Waals surface area contributed by atoms with Crippen LogP contribution in [0, 0.1) is 5.92 Å². The Hall–Kier alpha value is -0.480. The minimum Gasteiger partial charge on any atom is -0.335 e. The molecule has 2 nitrogen and oxygen atoms in total. The molecule has 0 aromatic carbocycles. The molecular weight excluding hydrogens is 262 g/mol. The third-order valence-electron chi connectivity index (χ3n) is 3.00. The number of hydrogen-bond acceptors (Lipinski definition) is 3. The molecule has 0 saturated heterocycles. The molecule has 0 aliphatic heterocycles. The van der Waals surface area contributed by atoms with Gasteiger partial charge >= 0.3 is 0 Å². The Morgan fingerprint density at radius 3 is 2.39 bits per heavy atom. The summed E-state index contributed by atoms with van der Waals surface area (Å²) in [5.74, 6) is 0.646. The van der Waals surface area contributed by atoms with Crippen molar-refractivity contribution >= 4 is 29.9 Å². The van der Waals surface area contributed by atoms with Crippen molar-refractivity contribution in [2.24, 2.45) is 5.92 Å². The van der Waals surface area contributed by atoms with Gasteiger partial charge in [0.2, 0.25) is 0 Å². The number of carbonyl (C=O) groups is 1. The zero-order valence-corrected chi connectivity index (χ0v) is 13.4. The van der Waals surface area contributed by atoms with E-state index in [9.17, 15) is 4.79 Å². The molecule has 0 bridgehead atoms. The van der Waals surface area contributed by atoms with Gasteiger partial charge in [0.1, 0.15) is 0 Å².